The van der Waals surface area contributed by atoms with Crippen LogP contribution in [0.5, 0.6) is 0 Å². The van der Waals surface area contributed by atoms with Gasteiger partial charge in [-0.05, 0) is 102 Å². The Morgan fingerprint density at radius 1 is 0.731 bits per heavy atom. The zero-order valence-corrected chi connectivity index (χ0v) is 26.4. The van der Waals surface area contributed by atoms with E-state index in [0.29, 0.717) is 0 Å². The zero-order valence-electron chi connectivity index (χ0n) is 13.8. The Bertz CT molecular complexity index is 932. The Hall–Kier alpha value is 2.28. The fourth-order valence-electron chi connectivity index (χ4n) is 3.36. The molecule has 0 saturated heterocycles. The molecular formula is C18H12Br8. The Morgan fingerprint density at radius 3 is 1.88 bits per heavy atom. The van der Waals surface area contributed by atoms with Crippen molar-refractivity contribution in [2.24, 2.45) is 0 Å². The molecule has 0 N–H and O–H groups in total. The predicted molar refractivity (Wildman–Crippen MR) is 140 cm³/mol. The molecule has 1 unspecified atom stereocenters. The van der Waals surface area contributed by atoms with Gasteiger partial charge in [0.05, 0.1) is 0 Å². The van der Waals surface area contributed by atoms with E-state index in [9.17, 15) is 0 Å². The van der Waals surface area contributed by atoms with Gasteiger partial charge >= 0.3 is 0 Å². The molecule has 26 heavy (non-hydrogen) atoms. The van der Waals surface area contributed by atoms with Crippen LogP contribution in [0.25, 0.3) is 0 Å². The average molecular weight is 868 g/mol. The van der Waals surface area contributed by atoms with Crippen molar-refractivity contribution < 1.29 is 0 Å². The number of hydrogen-bond donors (Lipinski definition) is 0. The summed E-state index contributed by atoms with van der Waals surface area (Å²) < 4.78 is 1.26. The smallest absolute Gasteiger partial charge is 0.0722 e. The van der Waals surface area contributed by atoms with Crippen LogP contribution in [-0.4, -0.2) is 3.23 Å². The van der Waals surface area contributed by atoms with E-state index in [4.69, 9.17) is 0 Å². The number of fused-ring (bicyclic) bond motifs is 1. The molecule has 0 amide bonds. The molecule has 8 heteroatoms. The molecule has 0 bridgehead atoms. The summed E-state index contributed by atoms with van der Waals surface area (Å²) in [7, 11) is 0. The monoisotopic (exact) mass is 859 g/mol. The molecule has 140 valence electrons. The molecule has 0 nitrogen and oxygen atoms in total. The van der Waals surface area contributed by atoms with E-state index in [0.717, 1.165) is 24.5 Å². The van der Waals surface area contributed by atoms with Crippen molar-refractivity contribution >= 4 is 127 Å². The number of halogens is 8. The molecule has 0 spiro atoms. The minimum absolute atomic E-state index is 0.531. The summed E-state index contributed by atoms with van der Waals surface area (Å²) in [4.78, 5) is 0. The second-order valence-electron chi connectivity index (χ2n) is 6.40. The van der Waals surface area contributed by atoms with Gasteiger partial charge in [0.2, 0.25) is 0 Å². The molecule has 0 fully saturated rings. The molecule has 0 aromatic heterocycles. The molecular weight excluding hydrogens is 855 g/mol. The topological polar surface area (TPSA) is 0 Å². The molecule has 1 aliphatic carbocycles. The van der Waals surface area contributed by atoms with Crippen molar-refractivity contribution in [2.45, 2.75) is 31.6 Å². The number of alkyl halides is 5. The molecule has 0 heterocycles. The van der Waals surface area contributed by atoms with Gasteiger partial charge in [-0.15, -0.1) is 0 Å². The van der Waals surface area contributed by atoms with Crippen molar-refractivity contribution in [1.29, 1.82) is 0 Å². The first kappa shape index (κ1) is 23.0. The summed E-state index contributed by atoms with van der Waals surface area (Å²) in [6.07, 6.45) is 0. The van der Waals surface area contributed by atoms with Gasteiger partial charge in [0.15, 0.2) is 0 Å². The Labute approximate surface area is 221 Å². The molecule has 0 aliphatic heterocycles. The van der Waals surface area contributed by atoms with E-state index < -0.39 is 10.8 Å². The summed E-state index contributed by atoms with van der Waals surface area (Å²) in [5, 5.41) is 0. The second-order valence-corrected chi connectivity index (χ2v) is 16.9. The van der Waals surface area contributed by atoms with Crippen LogP contribution >= 0.6 is 127 Å². The van der Waals surface area contributed by atoms with Crippen molar-refractivity contribution in [3.63, 3.8) is 0 Å². The SMILES string of the molecule is Cc1ccc(C2(Br)c3cc(Br)c(Br)c(Br)c3C(Br)(Br)C2(Br)Br)c(C)c1C. The largest absolute Gasteiger partial charge is 0.134 e. The highest BCUT2D eigenvalue weighted by molar-refractivity contribution is 9.30. The molecule has 2 aromatic carbocycles. The van der Waals surface area contributed by atoms with E-state index >= 15 is 0 Å². The molecule has 1 aliphatic rings. The molecule has 3 rings (SSSR count). The van der Waals surface area contributed by atoms with Gasteiger partial charge in [-0.25, -0.2) is 0 Å². The fourth-order valence-corrected chi connectivity index (χ4v) is 9.86. The van der Waals surface area contributed by atoms with Crippen LogP contribution in [0.15, 0.2) is 31.6 Å². The van der Waals surface area contributed by atoms with Gasteiger partial charge in [0.1, 0.15) is 10.8 Å². The third-order valence-electron chi connectivity index (χ3n) is 5.10. The van der Waals surface area contributed by atoms with Crippen molar-refractivity contribution in [3.8, 4) is 0 Å². The third kappa shape index (κ3) is 2.96. The quantitative estimate of drug-likeness (QED) is 0.198. The van der Waals surface area contributed by atoms with Crippen molar-refractivity contribution in [1.82, 2.24) is 0 Å². The minimum Gasteiger partial charge on any atom is -0.0722 e. The van der Waals surface area contributed by atoms with E-state index in [1.54, 1.807) is 0 Å². The van der Waals surface area contributed by atoms with Gasteiger partial charge in [-0.2, -0.15) is 0 Å². The molecule has 0 saturated carbocycles. The summed E-state index contributed by atoms with van der Waals surface area (Å²) in [6.45, 7) is 6.50. The first-order valence-corrected chi connectivity index (χ1v) is 13.8. The van der Waals surface area contributed by atoms with Crippen LogP contribution in [0.4, 0.5) is 0 Å². The van der Waals surface area contributed by atoms with E-state index in [-0.39, 0.29) is 0 Å². The predicted octanol–water partition coefficient (Wildman–Crippen LogP) is 9.98. The van der Waals surface area contributed by atoms with Crippen LogP contribution in [0, 0.1) is 20.8 Å². The summed E-state index contributed by atoms with van der Waals surface area (Å²) >= 11 is 31.1. The lowest BCUT2D eigenvalue weighted by Gasteiger charge is -2.40. The molecule has 1 atom stereocenters. The summed E-state index contributed by atoms with van der Waals surface area (Å²) in [5.74, 6) is 0. The van der Waals surface area contributed by atoms with Gasteiger partial charge in [-0.3, -0.25) is 0 Å². The lowest BCUT2D eigenvalue weighted by Crippen LogP contribution is -2.41. The lowest BCUT2D eigenvalue weighted by atomic mass is 9.86. The van der Waals surface area contributed by atoms with E-state index in [1.165, 1.54) is 22.3 Å². The second kappa shape index (κ2) is 7.45. The normalized spacial score (nSPS) is 23.2. The van der Waals surface area contributed by atoms with Crippen LogP contribution in [0.1, 0.15) is 33.4 Å². The molecule has 2 aromatic rings. The first-order chi connectivity index (χ1) is 11.8. The highest BCUT2D eigenvalue weighted by Crippen LogP contribution is 2.75. The molecule has 0 radical (unpaired) electrons. The Morgan fingerprint density at radius 2 is 1.31 bits per heavy atom. The highest BCUT2D eigenvalue weighted by atomic mass is 79.9. The number of benzene rings is 2. The fraction of sp³-hybridized carbons (Fsp3) is 0.333. The summed E-state index contributed by atoms with van der Waals surface area (Å²) in [5.41, 5.74) is 7.32. The Kier molecular flexibility index (Phi) is 6.58. The number of hydrogen-bond acceptors (Lipinski definition) is 0. The zero-order chi connectivity index (χ0) is 19.8. The van der Waals surface area contributed by atoms with Crippen LogP contribution in [-0.2, 0) is 7.56 Å². The maximum atomic E-state index is 4.14. The van der Waals surface area contributed by atoms with Gasteiger partial charge in [0, 0.05) is 19.0 Å². The highest BCUT2D eigenvalue weighted by Gasteiger charge is 2.68. The number of rotatable bonds is 1. The van der Waals surface area contributed by atoms with Gasteiger partial charge in [-0.1, -0.05) is 91.8 Å². The van der Waals surface area contributed by atoms with Crippen LogP contribution < -0.4 is 0 Å². The average Bonchev–Trinajstić information content (AvgIpc) is 2.66. The first-order valence-electron chi connectivity index (χ1n) is 7.50. The number of aryl methyl sites for hydroxylation is 1. The maximum absolute atomic E-state index is 4.14. The van der Waals surface area contributed by atoms with Crippen molar-refractivity contribution in [2.75, 3.05) is 0 Å². The van der Waals surface area contributed by atoms with E-state index in [1.807, 2.05) is 0 Å². The van der Waals surface area contributed by atoms with Crippen molar-refractivity contribution in [3.05, 3.63) is 65.0 Å². The van der Waals surface area contributed by atoms with Gasteiger partial charge in [0.25, 0.3) is 0 Å². The third-order valence-corrected chi connectivity index (χ3v) is 17.4. The standard InChI is InChI=1S/C18H12Br8/c1-7-4-5-10(9(3)8(7)2)16(22)11-6-12(19)14(20)15(21)13(11)17(23,24)18(16,25)26/h4-6H,1-3H3. The summed E-state index contributed by atoms with van der Waals surface area (Å²) in [6, 6.07) is 6.55. The van der Waals surface area contributed by atoms with E-state index in [2.05, 4.69) is 166 Å². The van der Waals surface area contributed by atoms with Crippen LogP contribution in [0.3, 0.4) is 0 Å². The lowest BCUT2D eigenvalue weighted by molar-refractivity contribution is 0.707. The van der Waals surface area contributed by atoms with Gasteiger partial charge < -0.3 is 0 Å². The maximum Gasteiger partial charge on any atom is 0.134 e. The Balaban J connectivity index is 2.49. The minimum atomic E-state index is -0.586. The van der Waals surface area contributed by atoms with Crippen LogP contribution in [0.2, 0.25) is 0 Å².